The highest BCUT2D eigenvalue weighted by Gasteiger charge is 2.05. The average molecular weight is 343 g/mol. The van der Waals surface area contributed by atoms with Gasteiger partial charge in [0.1, 0.15) is 0 Å². The van der Waals surface area contributed by atoms with Gasteiger partial charge in [-0.3, -0.25) is 0 Å². The number of hydrogen-bond donors (Lipinski definition) is 0. The zero-order valence-corrected chi connectivity index (χ0v) is 17.1. The van der Waals surface area contributed by atoms with E-state index in [4.69, 9.17) is 9.47 Å². The molecule has 0 aliphatic heterocycles. The molecule has 0 fully saturated rings. The molecule has 0 heterocycles. The van der Waals surface area contributed by atoms with E-state index in [1.54, 1.807) is 7.11 Å². The number of rotatable bonds is 20. The van der Waals surface area contributed by atoms with Crippen LogP contribution in [-0.4, -0.2) is 26.4 Å². The molecule has 0 bridgehead atoms. The van der Waals surface area contributed by atoms with Crippen molar-refractivity contribution in [2.75, 3.05) is 20.3 Å². The van der Waals surface area contributed by atoms with E-state index in [2.05, 4.69) is 13.8 Å². The van der Waals surface area contributed by atoms with Crippen LogP contribution in [0, 0.1) is 0 Å². The van der Waals surface area contributed by atoms with Gasteiger partial charge in [-0.05, 0) is 12.8 Å². The van der Waals surface area contributed by atoms with E-state index in [1.807, 2.05) is 0 Å². The molecular formula is C22H46O2. The molecule has 1 atom stereocenters. The lowest BCUT2D eigenvalue weighted by Crippen LogP contribution is -2.18. The maximum atomic E-state index is 5.72. The van der Waals surface area contributed by atoms with Gasteiger partial charge in [0.15, 0.2) is 0 Å². The summed E-state index contributed by atoms with van der Waals surface area (Å²) in [6, 6.07) is 0. The molecule has 24 heavy (non-hydrogen) atoms. The standard InChI is InChI=1S/C22H46O2/c1-4-6-7-8-9-10-11-12-13-14-15-16-17-18-20-24-21-22(23-3)19-5-2/h22H,4-21H2,1-3H3. The minimum Gasteiger partial charge on any atom is -0.379 e. The Labute approximate surface area is 153 Å². The van der Waals surface area contributed by atoms with Crippen LogP contribution < -0.4 is 0 Å². The number of methoxy groups -OCH3 is 1. The molecule has 2 heteroatoms. The summed E-state index contributed by atoms with van der Waals surface area (Å²) in [5.74, 6) is 0. The summed E-state index contributed by atoms with van der Waals surface area (Å²) < 4.78 is 11.1. The number of unbranched alkanes of at least 4 members (excludes halogenated alkanes) is 13. The number of ether oxygens (including phenoxy) is 2. The van der Waals surface area contributed by atoms with Crippen LogP contribution in [0.5, 0.6) is 0 Å². The van der Waals surface area contributed by atoms with Crippen molar-refractivity contribution in [3.05, 3.63) is 0 Å². The molecule has 0 aromatic heterocycles. The first-order valence-electron chi connectivity index (χ1n) is 11.0. The molecule has 146 valence electrons. The van der Waals surface area contributed by atoms with Crippen LogP contribution in [0.1, 0.15) is 117 Å². The third kappa shape index (κ3) is 18.3. The molecule has 1 unspecified atom stereocenters. The minimum atomic E-state index is 0.293. The van der Waals surface area contributed by atoms with Crippen molar-refractivity contribution in [2.24, 2.45) is 0 Å². The summed E-state index contributed by atoms with van der Waals surface area (Å²) in [5.41, 5.74) is 0. The van der Waals surface area contributed by atoms with Gasteiger partial charge in [0.2, 0.25) is 0 Å². The predicted octanol–water partition coefficient (Wildman–Crippen LogP) is 7.30. The number of hydrogen-bond acceptors (Lipinski definition) is 2. The summed E-state index contributed by atoms with van der Waals surface area (Å²) in [6.45, 7) is 6.15. The van der Waals surface area contributed by atoms with Crippen LogP contribution in [0.25, 0.3) is 0 Å². The molecule has 0 aliphatic rings. The van der Waals surface area contributed by atoms with Crippen LogP contribution in [0.3, 0.4) is 0 Å². The lowest BCUT2D eigenvalue weighted by molar-refractivity contribution is 0.00307. The summed E-state index contributed by atoms with van der Waals surface area (Å²) >= 11 is 0. The maximum Gasteiger partial charge on any atom is 0.0804 e. The Morgan fingerprint density at radius 1 is 0.583 bits per heavy atom. The fraction of sp³-hybridized carbons (Fsp3) is 1.00. The van der Waals surface area contributed by atoms with Crippen molar-refractivity contribution in [3.8, 4) is 0 Å². The molecule has 0 spiro atoms. The molecule has 0 radical (unpaired) electrons. The molecular weight excluding hydrogens is 296 g/mol. The molecule has 0 amide bonds. The molecule has 0 saturated carbocycles. The molecule has 0 rings (SSSR count). The average Bonchev–Trinajstić information content (AvgIpc) is 2.60. The third-order valence-corrected chi connectivity index (χ3v) is 4.89. The summed E-state index contributed by atoms with van der Waals surface area (Å²) in [7, 11) is 1.79. The van der Waals surface area contributed by atoms with E-state index in [0.717, 1.165) is 19.6 Å². The maximum absolute atomic E-state index is 5.72. The van der Waals surface area contributed by atoms with Gasteiger partial charge in [0, 0.05) is 13.7 Å². The fourth-order valence-corrected chi connectivity index (χ4v) is 3.20. The quantitative estimate of drug-likeness (QED) is 0.216. The Hall–Kier alpha value is -0.0800. The van der Waals surface area contributed by atoms with Crippen molar-refractivity contribution in [3.63, 3.8) is 0 Å². The van der Waals surface area contributed by atoms with E-state index in [1.165, 1.54) is 96.3 Å². The van der Waals surface area contributed by atoms with E-state index < -0.39 is 0 Å². The van der Waals surface area contributed by atoms with Gasteiger partial charge in [-0.15, -0.1) is 0 Å². The van der Waals surface area contributed by atoms with E-state index >= 15 is 0 Å². The second-order valence-electron chi connectivity index (χ2n) is 7.32. The Balaban J connectivity index is 3.07. The van der Waals surface area contributed by atoms with Gasteiger partial charge >= 0.3 is 0 Å². The first kappa shape index (κ1) is 23.9. The van der Waals surface area contributed by atoms with Gasteiger partial charge in [-0.25, -0.2) is 0 Å². The van der Waals surface area contributed by atoms with Gasteiger partial charge in [-0.2, -0.15) is 0 Å². The van der Waals surface area contributed by atoms with Crippen LogP contribution >= 0.6 is 0 Å². The highest BCUT2D eigenvalue weighted by molar-refractivity contribution is 4.54. The van der Waals surface area contributed by atoms with Gasteiger partial charge in [0.25, 0.3) is 0 Å². The Bertz CT molecular complexity index is 218. The van der Waals surface area contributed by atoms with Crippen molar-refractivity contribution < 1.29 is 9.47 Å². The summed E-state index contributed by atoms with van der Waals surface area (Å²) in [6.07, 6.45) is 22.3. The molecule has 0 aromatic carbocycles. The third-order valence-electron chi connectivity index (χ3n) is 4.89. The molecule has 0 saturated heterocycles. The second kappa shape index (κ2) is 21.0. The van der Waals surface area contributed by atoms with Crippen LogP contribution in [0.2, 0.25) is 0 Å². The van der Waals surface area contributed by atoms with Crippen molar-refractivity contribution in [1.82, 2.24) is 0 Å². The molecule has 2 nitrogen and oxygen atoms in total. The summed E-state index contributed by atoms with van der Waals surface area (Å²) in [4.78, 5) is 0. The van der Waals surface area contributed by atoms with E-state index in [0.29, 0.717) is 6.10 Å². The highest BCUT2D eigenvalue weighted by atomic mass is 16.5. The fourth-order valence-electron chi connectivity index (χ4n) is 3.20. The monoisotopic (exact) mass is 342 g/mol. The van der Waals surface area contributed by atoms with E-state index in [-0.39, 0.29) is 0 Å². The van der Waals surface area contributed by atoms with Gasteiger partial charge in [-0.1, -0.05) is 104 Å². The van der Waals surface area contributed by atoms with Crippen LogP contribution in [0.15, 0.2) is 0 Å². The molecule has 0 aliphatic carbocycles. The van der Waals surface area contributed by atoms with Crippen LogP contribution in [0.4, 0.5) is 0 Å². The van der Waals surface area contributed by atoms with E-state index in [9.17, 15) is 0 Å². The highest BCUT2D eigenvalue weighted by Crippen LogP contribution is 2.13. The Kier molecular flexibility index (Phi) is 20.9. The SMILES string of the molecule is CCCCCCCCCCCCCCCCOCC(CCC)OC. The van der Waals surface area contributed by atoms with Crippen molar-refractivity contribution in [1.29, 1.82) is 0 Å². The van der Waals surface area contributed by atoms with Crippen molar-refractivity contribution in [2.45, 2.75) is 123 Å². The van der Waals surface area contributed by atoms with Gasteiger partial charge in [0.05, 0.1) is 12.7 Å². The van der Waals surface area contributed by atoms with Crippen molar-refractivity contribution >= 4 is 0 Å². The zero-order valence-electron chi connectivity index (χ0n) is 17.1. The lowest BCUT2D eigenvalue weighted by atomic mass is 10.0. The van der Waals surface area contributed by atoms with Gasteiger partial charge < -0.3 is 9.47 Å². The molecule has 0 aromatic rings. The zero-order chi connectivity index (χ0) is 17.7. The summed E-state index contributed by atoms with van der Waals surface area (Å²) in [5, 5.41) is 0. The Morgan fingerprint density at radius 3 is 1.46 bits per heavy atom. The first-order chi connectivity index (χ1) is 11.8. The smallest absolute Gasteiger partial charge is 0.0804 e. The van der Waals surface area contributed by atoms with Crippen LogP contribution in [-0.2, 0) is 9.47 Å². The molecule has 0 N–H and O–H groups in total. The first-order valence-corrected chi connectivity index (χ1v) is 11.0. The Morgan fingerprint density at radius 2 is 1.04 bits per heavy atom. The largest absolute Gasteiger partial charge is 0.379 e. The topological polar surface area (TPSA) is 18.5 Å². The normalized spacial score (nSPS) is 12.6. The lowest BCUT2D eigenvalue weighted by Gasteiger charge is -2.14. The predicted molar refractivity (Wildman–Crippen MR) is 107 cm³/mol. The minimum absolute atomic E-state index is 0.293. The second-order valence-corrected chi connectivity index (χ2v) is 7.32.